The predicted molar refractivity (Wildman–Crippen MR) is 106 cm³/mol. The molecule has 0 unspecified atom stereocenters. The number of benzene rings is 3. The van der Waals surface area contributed by atoms with Gasteiger partial charge in [-0.2, -0.15) is 0 Å². The van der Waals surface area contributed by atoms with E-state index in [0.717, 1.165) is 0 Å². The number of esters is 1. The summed E-state index contributed by atoms with van der Waals surface area (Å²) in [5.74, 6) is 0.784. The molecule has 3 aromatic carbocycles. The van der Waals surface area contributed by atoms with Gasteiger partial charge in [0.05, 0.1) is 16.1 Å². The SMILES string of the molecule is CN(c1ccccc1)S(=O)(=O)c1ccc(C(=O)Oc2ccc3c(c2)OCO3)cc1. The van der Waals surface area contributed by atoms with Gasteiger partial charge in [-0.25, -0.2) is 13.2 Å². The van der Waals surface area contributed by atoms with Crippen molar-refractivity contribution >= 4 is 21.7 Å². The fraction of sp³-hybridized carbons (Fsp3) is 0.0952. The lowest BCUT2D eigenvalue weighted by atomic mass is 10.2. The van der Waals surface area contributed by atoms with E-state index in [-0.39, 0.29) is 17.3 Å². The summed E-state index contributed by atoms with van der Waals surface area (Å²) in [6.45, 7) is 0.125. The number of carbonyl (C=O) groups is 1. The molecule has 29 heavy (non-hydrogen) atoms. The lowest BCUT2D eigenvalue weighted by Gasteiger charge is -2.19. The highest BCUT2D eigenvalue weighted by molar-refractivity contribution is 7.92. The number of hydrogen-bond acceptors (Lipinski definition) is 6. The maximum atomic E-state index is 12.8. The number of ether oxygens (including phenoxy) is 3. The van der Waals surface area contributed by atoms with E-state index in [4.69, 9.17) is 14.2 Å². The second-order valence-electron chi connectivity index (χ2n) is 6.24. The van der Waals surface area contributed by atoms with Crippen LogP contribution in [-0.4, -0.2) is 28.2 Å². The zero-order valence-electron chi connectivity index (χ0n) is 15.4. The molecule has 0 bridgehead atoms. The average Bonchev–Trinajstić information content (AvgIpc) is 3.22. The van der Waals surface area contributed by atoms with Crippen molar-refractivity contribution in [3.05, 3.63) is 78.4 Å². The molecule has 8 heteroatoms. The van der Waals surface area contributed by atoms with Crippen LogP contribution in [0.1, 0.15) is 10.4 Å². The largest absolute Gasteiger partial charge is 0.454 e. The molecule has 0 spiro atoms. The predicted octanol–water partition coefficient (Wildman–Crippen LogP) is 3.46. The fourth-order valence-electron chi connectivity index (χ4n) is 2.80. The lowest BCUT2D eigenvalue weighted by molar-refractivity contribution is 0.0734. The van der Waals surface area contributed by atoms with Gasteiger partial charge < -0.3 is 14.2 Å². The Hall–Kier alpha value is -3.52. The van der Waals surface area contributed by atoms with Crippen molar-refractivity contribution in [1.29, 1.82) is 0 Å². The molecule has 0 saturated carbocycles. The van der Waals surface area contributed by atoms with Crippen molar-refractivity contribution in [2.45, 2.75) is 4.90 Å². The number of sulfonamides is 1. The Bertz CT molecular complexity index is 1140. The number of nitrogens with zero attached hydrogens (tertiary/aromatic N) is 1. The molecular formula is C21H17NO6S. The van der Waals surface area contributed by atoms with E-state index in [9.17, 15) is 13.2 Å². The van der Waals surface area contributed by atoms with E-state index >= 15 is 0 Å². The Labute approximate surface area is 168 Å². The molecule has 0 aliphatic carbocycles. The summed E-state index contributed by atoms with van der Waals surface area (Å²) in [5, 5.41) is 0. The average molecular weight is 411 g/mol. The van der Waals surface area contributed by atoms with Crippen LogP contribution in [0.5, 0.6) is 17.2 Å². The van der Waals surface area contributed by atoms with Crippen LogP contribution in [0.2, 0.25) is 0 Å². The van der Waals surface area contributed by atoms with Crippen LogP contribution in [0.25, 0.3) is 0 Å². The highest BCUT2D eigenvalue weighted by Gasteiger charge is 2.22. The van der Waals surface area contributed by atoms with Gasteiger partial charge >= 0.3 is 5.97 Å². The summed E-state index contributed by atoms with van der Waals surface area (Å²) < 4.78 is 42.6. The zero-order valence-corrected chi connectivity index (χ0v) is 16.3. The summed E-state index contributed by atoms with van der Waals surface area (Å²) in [6.07, 6.45) is 0. The lowest BCUT2D eigenvalue weighted by Crippen LogP contribution is -2.26. The molecule has 0 radical (unpaired) electrons. The van der Waals surface area contributed by atoms with Gasteiger partial charge in [0.15, 0.2) is 11.5 Å². The van der Waals surface area contributed by atoms with Crippen molar-refractivity contribution in [1.82, 2.24) is 0 Å². The van der Waals surface area contributed by atoms with Gasteiger partial charge in [0.1, 0.15) is 5.75 Å². The first-order chi connectivity index (χ1) is 13.9. The Morgan fingerprint density at radius 2 is 1.62 bits per heavy atom. The van der Waals surface area contributed by atoms with Crippen LogP contribution in [0.3, 0.4) is 0 Å². The molecule has 0 atom stereocenters. The van der Waals surface area contributed by atoms with Gasteiger partial charge in [-0.05, 0) is 48.5 Å². The number of para-hydroxylation sites is 1. The summed E-state index contributed by atoms with van der Waals surface area (Å²) >= 11 is 0. The first kappa shape index (κ1) is 18.8. The molecule has 1 aliphatic heterocycles. The first-order valence-electron chi connectivity index (χ1n) is 8.71. The molecule has 1 aliphatic rings. The quantitative estimate of drug-likeness (QED) is 0.472. The molecule has 0 fully saturated rings. The maximum Gasteiger partial charge on any atom is 0.343 e. The number of carbonyl (C=O) groups excluding carboxylic acids is 1. The van der Waals surface area contributed by atoms with Crippen molar-refractivity contribution < 1.29 is 27.4 Å². The first-order valence-corrected chi connectivity index (χ1v) is 10.1. The Morgan fingerprint density at radius 3 is 2.34 bits per heavy atom. The minimum atomic E-state index is -3.75. The van der Waals surface area contributed by atoms with Gasteiger partial charge in [-0.1, -0.05) is 18.2 Å². The van der Waals surface area contributed by atoms with Gasteiger partial charge in [-0.3, -0.25) is 4.31 Å². The van der Waals surface area contributed by atoms with Crippen LogP contribution >= 0.6 is 0 Å². The molecule has 1 heterocycles. The topological polar surface area (TPSA) is 82.1 Å². The number of fused-ring (bicyclic) bond motifs is 1. The third kappa shape index (κ3) is 3.74. The van der Waals surface area contributed by atoms with E-state index in [1.54, 1.807) is 42.5 Å². The molecule has 7 nitrogen and oxygen atoms in total. The van der Waals surface area contributed by atoms with Crippen molar-refractivity contribution in [3.63, 3.8) is 0 Å². The molecular weight excluding hydrogens is 394 g/mol. The standard InChI is InChI=1S/C21H17NO6S/c1-22(16-5-3-2-4-6-16)29(24,25)18-10-7-15(8-11-18)21(23)28-17-9-12-19-20(13-17)27-14-26-19/h2-13H,14H2,1H3. The van der Waals surface area contributed by atoms with Crippen LogP contribution in [-0.2, 0) is 10.0 Å². The smallest absolute Gasteiger partial charge is 0.343 e. The Balaban J connectivity index is 1.50. The number of anilines is 1. The van der Waals surface area contributed by atoms with E-state index < -0.39 is 16.0 Å². The van der Waals surface area contributed by atoms with Gasteiger partial charge in [-0.15, -0.1) is 0 Å². The van der Waals surface area contributed by atoms with Crippen molar-refractivity contribution in [2.75, 3.05) is 18.1 Å². The molecule has 148 valence electrons. The summed E-state index contributed by atoms with van der Waals surface area (Å²) in [7, 11) is -2.27. The molecule has 0 N–H and O–H groups in total. The highest BCUT2D eigenvalue weighted by atomic mass is 32.2. The zero-order chi connectivity index (χ0) is 20.4. The summed E-state index contributed by atoms with van der Waals surface area (Å²) in [5.41, 5.74) is 0.766. The minimum Gasteiger partial charge on any atom is -0.454 e. The minimum absolute atomic E-state index is 0.0727. The van der Waals surface area contributed by atoms with Crippen LogP contribution in [0, 0.1) is 0 Å². The monoisotopic (exact) mass is 411 g/mol. The third-order valence-electron chi connectivity index (χ3n) is 4.42. The Morgan fingerprint density at radius 1 is 0.931 bits per heavy atom. The molecule has 4 rings (SSSR count). The van der Waals surface area contributed by atoms with Gasteiger partial charge in [0, 0.05) is 13.1 Å². The summed E-state index contributed by atoms with van der Waals surface area (Å²) in [4.78, 5) is 12.4. The Kier molecular flexibility index (Phi) is 4.85. The molecule has 0 amide bonds. The van der Waals surface area contributed by atoms with Gasteiger partial charge in [0.2, 0.25) is 6.79 Å². The van der Waals surface area contributed by atoms with Crippen LogP contribution < -0.4 is 18.5 Å². The maximum absolute atomic E-state index is 12.8. The van der Waals surface area contributed by atoms with E-state index in [0.29, 0.717) is 22.9 Å². The van der Waals surface area contributed by atoms with Crippen molar-refractivity contribution in [2.24, 2.45) is 0 Å². The fourth-order valence-corrected chi connectivity index (χ4v) is 4.00. The second kappa shape index (κ2) is 7.48. The number of rotatable bonds is 5. The van der Waals surface area contributed by atoms with Gasteiger partial charge in [0.25, 0.3) is 10.0 Å². The summed E-state index contributed by atoms with van der Waals surface area (Å²) in [6, 6.07) is 19.1. The number of hydrogen-bond donors (Lipinski definition) is 0. The molecule has 0 aromatic heterocycles. The van der Waals surface area contributed by atoms with Crippen LogP contribution in [0.4, 0.5) is 5.69 Å². The molecule has 0 saturated heterocycles. The van der Waals surface area contributed by atoms with E-state index in [1.807, 2.05) is 6.07 Å². The highest BCUT2D eigenvalue weighted by Crippen LogP contribution is 2.35. The third-order valence-corrected chi connectivity index (χ3v) is 6.22. The van der Waals surface area contributed by atoms with E-state index in [1.165, 1.54) is 35.6 Å². The molecule has 3 aromatic rings. The van der Waals surface area contributed by atoms with Crippen molar-refractivity contribution in [3.8, 4) is 17.2 Å². The normalized spacial score (nSPS) is 12.4. The van der Waals surface area contributed by atoms with Crippen LogP contribution in [0.15, 0.2) is 77.7 Å². The second-order valence-corrected chi connectivity index (χ2v) is 8.21. The van der Waals surface area contributed by atoms with E-state index in [2.05, 4.69) is 0 Å².